The summed E-state index contributed by atoms with van der Waals surface area (Å²) < 4.78 is 19.1. The maximum Gasteiger partial charge on any atom is 0.292 e. The van der Waals surface area contributed by atoms with Crippen LogP contribution in [-0.2, 0) is 9.53 Å². The summed E-state index contributed by atoms with van der Waals surface area (Å²) in [5, 5.41) is 6.15. The summed E-state index contributed by atoms with van der Waals surface area (Å²) in [4.78, 5) is 15.0. The lowest BCUT2D eigenvalue weighted by Crippen LogP contribution is -2.43. The molecule has 1 amide bonds. The highest BCUT2D eigenvalue weighted by Crippen LogP contribution is 2.46. The molecule has 0 aromatic heterocycles. The fraction of sp³-hybridized carbons (Fsp3) is 0.450. The minimum Gasteiger partial charge on any atom is -0.486 e. The maximum atomic E-state index is 13.2. The molecule has 1 aromatic carbocycles. The number of piperazine rings is 1. The number of hydrogen-bond acceptors (Lipinski definition) is 4. The first-order valence-corrected chi connectivity index (χ1v) is 9.05. The number of anilines is 1. The normalized spacial score (nSPS) is 19.3. The highest BCUT2D eigenvalue weighted by atomic mass is 19.1. The van der Waals surface area contributed by atoms with Gasteiger partial charge in [-0.2, -0.15) is 0 Å². The Morgan fingerprint density at radius 3 is 2.58 bits per heavy atom. The summed E-state index contributed by atoms with van der Waals surface area (Å²) >= 11 is 0. The monoisotopic (exact) mass is 359 g/mol. The lowest BCUT2D eigenvalue weighted by atomic mass is 10.1. The first kappa shape index (κ1) is 18.5. The van der Waals surface area contributed by atoms with Gasteiger partial charge in [0.1, 0.15) is 0 Å². The Morgan fingerprint density at radius 2 is 2.00 bits per heavy atom. The van der Waals surface area contributed by atoms with Crippen LogP contribution in [0.25, 0.3) is 0 Å². The topological polar surface area (TPSA) is 53.6 Å². The quantitative estimate of drug-likeness (QED) is 0.426. The Morgan fingerprint density at radius 1 is 1.31 bits per heavy atom. The van der Waals surface area contributed by atoms with Gasteiger partial charge in [-0.05, 0) is 31.1 Å². The molecule has 1 saturated heterocycles. The number of allylic oxidation sites excluding steroid dienone is 1. The molecule has 0 spiro atoms. The van der Waals surface area contributed by atoms with Gasteiger partial charge in [0.05, 0.1) is 19.0 Å². The number of halogens is 1. The highest BCUT2D eigenvalue weighted by Gasteiger charge is 2.44. The van der Waals surface area contributed by atoms with Crippen molar-refractivity contribution in [3.63, 3.8) is 0 Å². The van der Waals surface area contributed by atoms with E-state index in [-0.39, 0.29) is 18.3 Å². The summed E-state index contributed by atoms with van der Waals surface area (Å²) in [6, 6.07) is 9.23. The van der Waals surface area contributed by atoms with E-state index in [1.165, 1.54) is 0 Å². The second-order valence-corrected chi connectivity index (χ2v) is 6.90. The standard InChI is InChI=1S/C20H26FN3O2/c1-2-17(24-12-10-22-11-13-24)18(26-15-20(14-21)8-9-20)19(25)23-16-6-4-3-5-7-16/h2-7,22H,1,8-15H2,(H,23,25)/b18-17-. The van der Waals surface area contributed by atoms with E-state index in [2.05, 4.69) is 22.1 Å². The molecule has 5 nitrogen and oxygen atoms in total. The van der Waals surface area contributed by atoms with Crippen LogP contribution in [0, 0.1) is 5.41 Å². The number of rotatable bonds is 8. The van der Waals surface area contributed by atoms with E-state index in [9.17, 15) is 9.18 Å². The number of alkyl halides is 1. The number of para-hydroxylation sites is 1. The van der Waals surface area contributed by atoms with Gasteiger partial charge in [-0.1, -0.05) is 24.8 Å². The zero-order valence-electron chi connectivity index (χ0n) is 15.0. The minimum absolute atomic E-state index is 0.213. The van der Waals surface area contributed by atoms with Gasteiger partial charge in [-0.15, -0.1) is 0 Å². The van der Waals surface area contributed by atoms with E-state index in [1.807, 2.05) is 30.3 Å². The second-order valence-electron chi connectivity index (χ2n) is 6.90. The van der Waals surface area contributed by atoms with Crippen molar-refractivity contribution in [2.75, 3.05) is 44.8 Å². The molecule has 2 fully saturated rings. The van der Waals surface area contributed by atoms with Gasteiger partial charge in [0.2, 0.25) is 5.76 Å². The number of hydrogen-bond donors (Lipinski definition) is 2. The molecule has 1 heterocycles. The van der Waals surface area contributed by atoms with Crippen LogP contribution in [0.5, 0.6) is 0 Å². The lowest BCUT2D eigenvalue weighted by molar-refractivity contribution is -0.116. The first-order valence-electron chi connectivity index (χ1n) is 9.05. The highest BCUT2D eigenvalue weighted by molar-refractivity contribution is 6.03. The molecule has 1 aliphatic heterocycles. The van der Waals surface area contributed by atoms with Crippen molar-refractivity contribution in [3.8, 4) is 0 Å². The molecule has 26 heavy (non-hydrogen) atoms. The smallest absolute Gasteiger partial charge is 0.292 e. The summed E-state index contributed by atoms with van der Waals surface area (Å²) in [5.41, 5.74) is 0.928. The van der Waals surface area contributed by atoms with Crippen LogP contribution in [0.1, 0.15) is 12.8 Å². The summed E-state index contributed by atoms with van der Waals surface area (Å²) in [6.07, 6.45) is 3.25. The van der Waals surface area contributed by atoms with Crippen LogP contribution in [0.15, 0.2) is 54.4 Å². The van der Waals surface area contributed by atoms with Crippen LogP contribution in [0.4, 0.5) is 10.1 Å². The zero-order valence-corrected chi connectivity index (χ0v) is 15.0. The van der Waals surface area contributed by atoms with Gasteiger partial charge in [-0.3, -0.25) is 9.18 Å². The SMILES string of the molecule is C=C/C(=C(/OCC1(CF)CC1)C(=O)Nc1ccccc1)N1CCNCC1. The summed E-state index contributed by atoms with van der Waals surface area (Å²) in [5.74, 6) is -0.121. The largest absolute Gasteiger partial charge is 0.486 e. The van der Waals surface area contributed by atoms with Crippen LogP contribution in [-0.4, -0.2) is 50.3 Å². The Hall–Kier alpha value is -2.34. The molecule has 0 radical (unpaired) electrons. The van der Waals surface area contributed by atoms with Crippen molar-refractivity contribution in [2.45, 2.75) is 12.8 Å². The predicted molar refractivity (Wildman–Crippen MR) is 100 cm³/mol. The van der Waals surface area contributed by atoms with Crippen molar-refractivity contribution in [1.82, 2.24) is 10.2 Å². The van der Waals surface area contributed by atoms with Gasteiger partial charge >= 0.3 is 0 Å². The van der Waals surface area contributed by atoms with Crippen molar-refractivity contribution in [2.24, 2.45) is 5.41 Å². The van der Waals surface area contributed by atoms with E-state index in [1.54, 1.807) is 6.08 Å². The van der Waals surface area contributed by atoms with E-state index >= 15 is 0 Å². The summed E-state index contributed by atoms with van der Waals surface area (Å²) in [6.45, 7) is 6.86. The Balaban J connectivity index is 1.82. The van der Waals surface area contributed by atoms with E-state index in [0.29, 0.717) is 11.4 Å². The molecule has 0 atom stereocenters. The fourth-order valence-corrected chi connectivity index (χ4v) is 2.95. The number of benzene rings is 1. The second kappa shape index (κ2) is 8.36. The van der Waals surface area contributed by atoms with Gasteiger partial charge in [-0.25, -0.2) is 0 Å². The maximum absolute atomic E-state index is 13.2. The van der Waals surface area contributed by atoms with Gasteiger partial charge in [0.25, 0.3) is 5.91 Å². The molecule has 0 unspecified atom stereocenters. The van der Waals surface area contributed by atoms with Crippen LogP contribution >= 0.6 is 0 Å². The molecular weight excluding hydrogens is 333 g/mol. The average molecular weight is 359 g/mol. The third-order valence-electron chi connectivity index (χ3n) is 4.88. The fourth-order valence-electron chi connectivity index (χ4n) is 2.95. The van der Waals surface area contributed by atoms with Gasteiger partial charge < -0.3 is 20.3 Å². The van der Waals surface area contributed by atoms with Gasteiger partial charge in [0.15, 0.2) is 0 Å². The number of nitrogens with one attached hydrogen (secondary N) is 2. The molecule has 1 saturated carbocycles. The summed E-state index contributed by atoms with van der Waals surface area (Å²) in [7, 11) is 0. The Kier molecular flexibility index (Phi) is 5.93. The van der Waals surface area contributed by atoms with E-state index in [0.717, 1.165) is 39.0 Å². The number of nitrogens with zero attached hydrogens (tertiary/aromatic N) is 1. The lowest BCUT2D eigenvalue weighted by Gasteiger charge is -2.31. The molecule has 3 rings (SSSR count). The van der Waals surface area contributed by atoms with E-state index in [4.69, 9.17) is 4.74 Å². The average Bonchev–Trinajstić information content (AvgIpc) is 3.47. The molecular formula is C20H26FN3O2. The van der Waals surface area contributed by atoms with Crippen LogP contribution in [0.2, 0.25) is 0 Å². The molecule has 6 heteroatoms. The molecule has 140 valence electrons. The van der Waals surface area contributed by atoms with Crippen LogP contribution < -0.4 is 10.6 Å². The van der Waals surface area contributed by atoms with Crippen molar-refractivity contribution in [1.29, 1.82) is 0 Å². The third-order valence-corrected chi connectivity index (χ3v) is 4.88. The van der Waals surface area contributed by atoms with Crippen LogP contribution in [0.3, 0.4) is 0 Å². The molecule has 0 bridgehead atoms. The molecule has 1 aliphatic carbocycles. The van der Waals surface area contributed by atoms with Crippen molar-refractivity contribution in [3.05, 3.63) is 54.4 Å². The number of amides is 1. The van der Waals surface area contributed by atoms with Gasteiger partial charge in [0, 0.05) is 37.3 Å². The van der Waals surface area contributed by atoms with E-state index < -0.39 is 12.1 Å². The number of carbonyl (C=O) groups excluding carboxylic acids is 1. The Bertz CT molecular complexity index is 665. The third kappa shape index (κ3) is 4.43. The molecule has 2 N–H and O–H groups in total. The Labute approximate surface area is 153 Å². The number of ether oxygens (including phenoxy) is 1. The molecule has 2 aliphatic rings. The predicted octanol–water partition coefficient (Wildman–Crippen LogP) is 2.69. The zero-order chi connectivity index (χ0) is 18.4. The minimum atomic E-state index is -0.423. The molecule has 1 aromatic rings. The number of carbonyl (C=O) groups is 1. The first-order chi connectivity index (χ1) is 12.7. The van der Waals surface area contributed by atoms with Crippen molar-refractivity contribution >= 4 is 11.6 Å². The van der Waals surface area contributed by atoms with Crippen molar-refractivity contribution < 1.29 is 13.9 Å².